The lowest BCUT2D eigenvalue weighted by atomic mass is 9.93. The summed E-state index contributed by atoms with van der Waals surface area (Å²) >= 11 is 0. The number of hydrogen-bond acceptors (Lipinski definition) is 2. The van der Waals surface area contributed by atoms with Crippen LogP contribution in [0, 0.1) is 0 Å². The molecule has 1 aromatic heterocycles. The second kappa shape index (κ2) is 6.39. The van der Waals surface area contributed by atoms with Crippen LogP contribution in [-0.4, -0.2) is 16.9 Å². The zero-order valence-electron chi connectivity index (χ0n) is 13.5. The van der Waals surface area contributed by atoms with Gasteiger partial charge in [0.25, 0.3) is 0 Å². The van der Waals surface area contributed by atoms with E-state index in [1.54, 1.807) is 7.11 Å². The average Bonchev–Trinajstić information content (AvgIpc) is 2.88. The summed E-state index contributed by atoms with van der Waals surface area (Å²) in [7, 11) is 1.74. The molecular weight excluding hydrogens is 272 g/mol. The fourth-order valence-electron chi connectivity index (χ4n) is 3.11. The molecule has 3 rings (SSSR count). The van der Waals surface area contributed by atoms with Crippen molar-refractivity contribution in [2.45, 2.75) is 45.1 Å². The van der Waals surface area contributed by atoms with Crippen LogP contribution < -0.4 is 0 Å². The number of rotatable bonds is 6. The minimum atomic E-state index is 0.590. The third kappa shape index (κ3) is 2.56. The van der Waals surface area contributed by atoms with Crippen molar-refractivity contribution in [3.05, 3.63) is 48.4 Å². The molecule has 1 fully saturated rings. The van der Waals surface area contributed by atoms with E-state index in [4.69, 9.17) is 4.74 Å². The highest BCUT2D eigenvalue weighted by molar-refractivity contribution is 5.86. The van der Waals surface area contributed by atoms with Gasteiger partial charge in [-0.2, -0.15) is 5.10 Å². The number of benzene rings is 1. The van der Waals surface area contributed by atoms with E-state index in [1.165, 1.54) is 30.2 Å². The van der Waals surface area contributed by atoms with Gasteiger partial charge < -0.3 is 4.74 Å². The zero-order valence-corrected chi connectivity index (χ0v) is 13.5. The van der Waals surface area contributed by atoms with E-state index >= 15 is 0 Å². The summed E-state index contributed by atoms with van der Waals surface area (Å²) in [6.07, 6.45) is 9.68. The van der Waals surface area contributed by atoms with Crippen LogP contribution >= 0.6 is 0 Å². The van der Waals surface area contributed by atoms with Gasteiger partial charge in [-0.05, 0) is 43.4 Å². The van der Waals surface area contributed by atoms with Crippen LogP contribution in [0.15, 0.2) is 42.8 Å². The topological polar surface area (TPSA) is 27.1 Å². The van der Waals surface area contributed by atoms with Gasteiger partial charge in [-0.25, -0.2) is 0 Å². The van der Waals surface area contributed by atoms with Crippen LogP contribution in [-0.2, 0) is 4.74 Å². The minimum absolute atomic E-state index is 0.590. The molecule has 0 atom stereocenters. The quantitative estimate of drug-likeness (QED) is 0.547. The molecule has 3 nitrogen and oxygen atoms in total. The molecule has 116 valence electrons. The fraction of sp³-hybridized carbons (Fsp3) is 0.421. The SMILES string of the molecule is C=C/C(=C(\CCC)OC)c1ccc2c(cnn2C2CCC2)c1. The molecule has 0 spiro atoms. The molecule has 0 radical (unpaired) electrons. The first-order valence-corrected chi connectivity index (χ1v) is 8.15. The lowest BCUT2D eigenvalue weighted by Gasteiger charge is -2.26. The van der Waals surface area contributed by atoms with E-state index in [9.17, 15) is 0 Å². The molecular formula is C19H24N2O. The molecule has 22 heavy (non-hydrogen) atoms. The van der Waals surface area contributed by atoms with Crippen molar-refractivity contribution in [3.8, 4) is 0 Å². The molecule has 1 saturated carbocycles. The molecule has 1 aliphatic carbocycles. The number of allylic oxidation sites excluding steroid dienone is 3. The summed E-state index contributed by atoms with van der Waals surface area (Å²) < 4.78 is 7.75. The van der Waals surface area contributed by atoms with Crippen molar-refractivity contribution in [1.29, 1.82) is 0 Å². The first-order valence-electron chi connectivity index (χ1n) is 8.15. The Morgan fingerprint density at radius 3 is 2.86 bits per heavy atom. The van der Waals surface area contributed by atoms with Crippen molar-refractivity contribution in [1.82, 2.24) is 9.78 Å². The Bertz CT molecular complexity index is 707. The van der Waals surface area contributed by atoms with Crippen molar-refractivity contribution in [3.63, 3.8) is 0 Å². The van der Waals surface area contributed by atoms with Gasteiger partial charge in [-0.3, -0.25) is 4.68 Å². The van der Waals surface area contributed by atoms with Gasteiger partial charge in [-0.15, -0.1) is 0 Å². The highest BCUT2D eigenvalue weighted by Gasteiger charge is 2.21. The van der Waals surface area contributed by atoms with Gasteiger partial charge in [0, 0.05) is 17.4 Å². The second-order valence-corrected chi connectivity index (χ2v) is 5.94. The van der Waals surface area contributed by atoms with E-state index in [-0.39, 0.29) is 0 Å². The normalized spacial score (nSPS) is 16.3. The molecule has 0 amide bonds. The summed E-state index contributed by atoms with van der Waals surface area (Å²) in [5, 5.41) is 5.78. The predicted molar refractivity (Wildman–Crippen MR) is 91.7 cm³/mol. The summed E-state index contributed by atoms with van der Waals surface area (Å²) in [4.78, 5) is 0. The number of fused-ring (bicyclic) bond motifs is 1. The van der Waals surface area contributed by atoms with Crippen molar-refractivity contribution >= 4 is 16.5 Å². The van der Waals surface area contributed by atoms with Crippen molar-refractivity contribution < 1.29 is 4.74 Å². The number of ether oxygens (including phenoxy) is 1. The third-order valence-corrected chi connectivity index (χ3v) is 4.56. The van der Waals surface area contributed by atoms with Gasteiger partial charge in [0.05, 0.1) is 24.9 Å². The number of hydrogen-bond donors (Lipinski definition) is 0. The van der Waals surface area contributed by atoms with E-state index in [1.807, 2.05) is 12.3 Å². The van der Waals surface area contributed by atoms with Crippen LogP contribution in [0.1, 0.15) is 50.6 Å². The van der Waals surface area contributed by atoms with Gasteiger partial charge in [0.2, 0.25) is 0 Å². The van der Waals surface area contributed by atoms with E-state index in [0.29, 0.717) is 6.04 Å². The lowest BCUT2D eigenvalue weighted by Crippen LogP contribution is -2.17. The van der Waals surface area contributed by atoms with Crippen LogP contribution in [0.4, 0.5) is 0 Å². The van der Waals surface area contributed by atoms with Crippen LogP contribution in [0.25, 0.3) is 16.5 Å². The highest BCUT2D eigenvalue weighted by atomic mass is 16.5. The van der Waals surface area contributed by atoms with E-state index in [0.717, 1.165) is 29.7 Å². The van der Waals surface area contributed by atoms with E-state index in [2.05, 4.69) is 41.5 Å². The van der Waals surface area contributed by atoms with Gasteiger partial charge in [0.1, 0.15) is 5.76 Å². The van der Waals surface area contributed by atoms with Crippen LogP contribution in [0.5, 0.6) is 0 Å². The Labute approximate surface area is 132 Å². The molecule has 3 heteroatoms. The monoisotopic (exact) mass is 296 g/mol. The maximum Gasteiger partial charge on any atom is 0.103 e. The molecule has 0 unspecified atom stereocenters. The van der Waals surface area contributed by atoms with Crippen LogP contribution in [0.2, 0.25) is 0 Å². The minimum Gasteiger partial charge on any atom is -0.500 e. The lowest BCUT2D eigenvalue weighted by molar-refractivity contribution is 0.279. The molecule has 1 heterocycles. The van der Waals surface area contributed by atoms with Gasteiger partial charge in [-0.1, -0.05) is 25.6 Å². The summed E-state index contributed by atoms with van der Waals surface area (Å²) in [6, 6.07) is 7.12. The van der Waals surface area contributed by atoms with Crippen LogP contribution in [0.3, 0.4) is 0 Å². The van der Waals surface area contributed by atoms with Gasteiger partial charge in [0.15, 0.2) is 0 Å². The Morgan fingerprint density at radius 2 is 2.27 bits per heavy atom. The van der Waals surface area contributed by atoms with E-state index < -0.39 is 0 Å². The number of aromatic nitrogens is 2. The predicted octanol–water partition coefficient (Wildman–Crippen LogP) is 5.10. The Morgan fingerprint density at radius 1 is 1.45 bits per heavy atom. The molecule has 0 aliphatic heterocycles. The average molecular weight is 296 g/mol. The summed E-state index contributed by atoms with van der Waals surface area (Å²) in [5.41, 5.74) is 3.47. The molecule has 0 N–H and O–H groups in total. The number of methoxy groups -OCH3 is 1. The first kappa shape index (κ1) is 14.9. The molecule has 1 aromatic carbocycles. The van der Waals surface area contributed by atoms with Crippen molar-refractivity contribution in [2.75, 3.05) is 7.11 Å². The second-order valence-electron chi connectivity index (χ2n) is 5.94. The smallest absolute Gasteiger partial charge is 0.103 e. The fourth-order valence-corrected chi connectivity index (χ4v) is 3.11. The first-order chi connectivity index (χ1) is 10.8. The van der Waals surface area contributed by atoms with Crippen molar-refractivity contribution in [2.24, 2.45) is 0 Å². The molecule has 0 bridgehead atoms. The summed E-state index contributed by atoms with van der Waals surface area (Å²) in [6.45, 7) is 6.12. The third-order valence-electron chi connectivity index (χ3n) is 4.56. The zero-order chi connectivity index (χ0) is 15.5. The standard InChI is InChI=1S/C19H24N2O/c1-4-7-19(22-3)17(5-2)14-10-11-18-15(12-14)13-20-21(18)16-8-6-9-16/h5,10-13,16H,2,4,6-9H2,1,3H3/b19-17-. The Kier molecular flexibility index (Phi) is 4.32. The molecule has 2 aromatic rings. The highest BCUT2D eigenvalue weighted by Crippen LogP contribution is 2.34. The summed E-state index contributed by atoms with van der Waals surface area (Å²) in [5.74, 6) is 1.00. The largest absolute Gasteiger partial charge is 0.500 e. The van der Waals surface area contributed by atoms with Gasteiger partial charge >= 0.3 is 0 Å². The maximum atomic E-state index is 5.57. The molecule has 1 aliphatic rings. The maximum absolute atomic E-state index is 5.57. The number of nitrogens with zero attached hydrogens (tertiary/aromatic N) is 2. The molecule has 0 saturated heterocycles. The Balaban J connectivity index is 2.02. The Hall–Kier alpha value is -2.03.